The third-order valence-corrected chi connectivity index (χ3v) is 1.47. The van der Waals surface area contributed by atoms with Gasteiger partial charge in [0.2, 0.25) is 0 Å². The summed E-state index contributed by atoms with van der Waals surface area (Å²) >= 11 is 0. The van der Waals surface area contributed by atoms with Gasteiger partial charge in [0.1, 0.15) is 6.61 Å². The molecular formula is C6H13N3O2. The van der Waals surface area contributed by atoms with Gasteiger partial charge in [-0.3, -0.25) is 10.2 Å². The number of cyclic esters (lactones) is 1. The molecule has 5 heteroatoms. The van der Waals surface area contributed by atoms with Gasteiger partial charge in [0, 0.05) is 13.1 Å². The van der Waals surface area contributed by atoms with Gasteiger partial charge in [-0.05, 0) is 0 Å². The van der Waals surface area contributed by atoms with Crippen LogP contribution in [0.15, 0.2) is 0 Å². The zero-order valence-electron chi connectivity index (χ0n) is 6.38. The summed E-state index contributed by atoms with van der Waals surface area (Å²) in [5.74, 6) is 0. The van der Waals surface area contributed by atoms with Gasteiger partial charge >= 0.3 is 6.09 Å². The van der Waals surface area contributed by atoms with E-state index in [1.165, 1.54) is 0 Å². The van der Waals surface area contributed by atoms with Gasteiger partial charge in [0.15, 0.2) is 0 Å². The van der Waals surface area contributed by atoms with Crippen LogP contribution < -0.4 is 11.1 Å². The minimum Gasteiger partial charge on any atom is -0.447 e. The molecule has 0 aromatic rings. The van der Waals surface area contributed by atoms with Crippen LogP contribution in [0.4, 0.5) is 4.79 Å². The molecule has 1 heterocycles. The second-order valence-corrected chi connectivity index (χ2v) is 2.32. The molecule has 0 atom stereocenters. The second kappa shape index (κ2) is 4.15. The van der Waals surface area contributed by atoms with Crippen molar-refractivity contribution in [1.82, 2.24) is 10.2 Å². The smallest absolute Gasteiger partial charge is 0.410 e. The van der Waals surface area contributed by atoms with Crippen molar-refractivity contribution in [2.24, 2.45) is 5.73 Å². The molecule has 3 N–H and O–H groups in total. The zero-order valence-corrected chi connectivity index (χ0v) is 6.38. The summed E-state index contributed by atoms with van der Waals surface area (Å²) in [6, 6.07) is 0. The first-order chi connectivity index (χ1) is 5.34. The lowest BCUT2D eigenvalue weighted by Gasteiger charge is -2.12. The lowest BCUT2D eigenvalue weighted by molar-refractivity contribution is 0.156. The first kappa shape index (κ1) is 8.29. The summed E-state index contributed by atoms with van der Waals surface area (Å²) in [5.41, 5.74) is 5.25. The van der Waals surface area contributed by atoms with E-state index >= 15 is 0 Å². The third kappa shape index (κ3) is 2.36. The van der Waals surface area contributed by atoms with E-state index in [-0.39, 0.29) is 6.09 Å². The Morgan fingerprint density at radius 1 is 1.73 bits per heavy atom. The predicted molar refractivity (Wildman–Crippen MR) is 40.0 cm³/mol. The van der Waals surface area contributed by atoms with Gasteiger partial charge in [-0.15, -0.1) is 0 Å². The number of nitrogens with one attached hydrogen (secondary N) is 1. The Balaban J connectivity index is 2.10. The highest BCUT2D eigenvalue weighted by atomic mass is 16.6. The largest absolute Gasteiger partial charge is 0.447 e. The maximum absolute atomic E-state index is 10.8. The van der Waals surface area contributed by atoms with Crippen molar-refractivity contribution in [2.75, 3.05) is 32.9 Å². The summed E-state index contributed by atoms with van der Waals surface area (Å²) in [6.07, 6.45) is -0.241. The molecule has 1 rings (SSSR count). The standard InChI is InChI=1S/C6H13N3O2/c7-1-2-8-5-9-3-4-11-6(9)10/h8H,1-5,7H2. The monoisotopic (exact) mass is 159 g/mol. The fourth-order valence-electron chi connectivity index (χ4n) is 0.885. The number of nitrogens with two attached hydrogens (primary N) is 1. The molecule has 0 spiro atoms. The van der Waals surface area contributed by atoms with Crippen LogP contribution in [0, 0.1) is 0 Å². The van der Waals surface area contributed by atoms with Crippen LogP contribution in [-0.4, -0.2) is 43.9 Å². The average Bonchev–Trinajstić information content (AvgIpc) is 2.37. The van der Waals surface area contributed by atoms with Crippen LogP contribution in [0.3, 0.4) is 0 Å². The van der Waals surface area contributed by atoms with Gasteiger partial charge in [-0.1, -0.05) is 0 Å². The average molecular weight is 159 g/mol. The maximum atomic E-state index is 10.8. The fourth-order valence-corrected chi connectivity index (χ4v) is 0.885. The minimum atomic E-state index is -0.241. The van der Waals surface area contributed by atoms with Crippen molar-refractivity contribution in [3.63, 3.8) is 0 Å². The topological polar surface area (TPSA) is 67.6 Å². The highest BCUT2D eigenvalue weighted by Crippen LogP contribution is 1.99. The van der Waals surface area contributed by atoms with Gasteiger partial charge in [0.05, 0.1) is 13.2 Å². The molecule has 11 heavy (non-hydrogen) atoms. The summed E-state index contributed by atoms with van der Waals surface area (Å²) in [4.78, 5) is 12.4. The van der Waals surface area contributed by atoms with Gasteiger partial charge in [-0.25, -0.2) is 4.79 Å². The summed E-state index contributed by atoms with van der Waals surface area (Å²) in [7, 11) is 0. The summed E-state index contributed by atoms with van der Waals surface area (Å²) in [6.45, 7) is 3.03. The van der Waals surface area contributed by atoms with Crippen molar-refractivity contribution in [3.05, 3.63) is 0 Å². The third-order valence-electron chi connectivity index (χ3n) is 1.47. The predicted octanol–water partition coefficient (Wildman–Crippen LogP) is -1.06. The second-order valence-electron chi connectivity index (χ2n) is 2.32. The first-order valence-electron chi connectivity index (χ1n) is 3.67. The number of rotatable bonds is 4. The van der Waals surface area contributed by atoms with E-state index in [0.717, 1.165) is 6.54 Å². The highest BCUT2D eigenvalue weighted by Gasteiger charge is 2.20. The number of nitrogens with zero attached hydrogens (tertiary/aromatic N) is 1. The molecule has 0 bridgehead atoms. The van der Waals surface area contributed by atoms with E-state index in [1.807, 2.05) is 0 Å². The Hall–Kier alpha value is -0.810. The van der Waals surface area contributed by atoms with E-state index < -0.39 is 0 Å². The SMILES string of the molecule is NCCNCN1CCOC1=O. The quantitative estimate of drug-likeness (QED) is 0.513. The molecular weight excluding hydrogens is 146 g/mol. The number of carbonyl (C=O) groups excluding carboxylic acids is 1. The summed E-state index contributed by atoms with van der Waals surface area (Å²) < 4.78 is 4.71. The van der Waals surface area contributed by atoms with Crippen LogP contribution in [0.2, 0.25) is 0 Å². The highest BCUT2D eigenvalue weighted by molar-refractivity contribution is 5.69. The van der Waals surface area contributed by atoms with E-state index in [4.69, 9.17) is 10.5 Å². The molecule has 1 fully saturated rings. The molecule has 1 saturated heterocycles. The Morgan fingerprint density at radius 3 is 3.09 bits per heavy atom. The molecule has 1 aliphatic rings. The van der Waals surface area contributed by atoms with Crippen molar-refractivity contribution in [2.45, 2.75) is 0 Å². The Labute approximate surface area is 65.5 Å². The number of ether oxygens (including phenoxy) is 1. The van der Waals surface area contributed by atoms with Gasteiger partial charge < -0.3 is 10.5 Å². The van der Waals surface area contributed by atoms with Gasteiger partial charge in [0.25, 0.3) is 0 Å². The van der Waals surface area contributed by atoms with Crippen LogP contribution in [0.5, 0.6) is 0 Å². The van der Waals surface area contributed by atoms with Crippen molar-refractivity contribution in [1.29, 1.82) is 0 Å². The number of hydrogen-bond donors (Lipinski definition) is 2. The van der Waals surface area contributed by atoms with Crippen LogP contribution in [0.25, 0.3) is 0 Å². The van der Waals surface area contributed by atoms with Gasteiger partial charge in [-0.2, -0.15) is 0 Å². The Morgan fingerprint density at radius 2 is 2.55 bits per heavy atom. The van der Waals surface area contributed by atoms with Crippen molar-refractivity contribution in [3.8, 4) is 0 Å². The molecule has 0 aliphatic carbocycles. The lowest BCUT2D eigenvalue weighted by Crippen LogP contribution is -2.36. The Bertz CT molecular complexity index is 140. The zero-order chi connectivity index (χ0) is 8.10. The van der Waals surface area contributed by atoms with Crippen LogP contribution >= 0.6 is 0 Å². The fraction of sp³-hybridized carbons (Fsp3) is 0.833. The van der Waals surface area contributed by atoms with E-state index in [0.29, 0.717) is 26.4 Å². The lowest BCUT2D eigenvalue weighted by atomic mass is 10.6. The summed E-state index contributed by atoms with van der Waals surface area (Å²) in [5, 5.41) is 3.01. The first-order valence-corrected chi connectivity index (χ1v) is 3.67. The molecule has 1 amide bonds. The number of amides is 1. The van der Waals surface area contributed by atoms with Crippen molar-refractivity contribution >= 4 is 6.09 Å². The molecule has 0 unspecified atom stereocenters. The van der Waals surface area contributed by atoms with E-state index in [2.05, 4.69) is 5.32 Å². The molecule has 1 aliphatic heterocycles. The Kier molecular flexibility index (Phi) is 3.13. The van der Waals surface area contributed by atoms with Crippen molar-refractivity contribution < 1.29 is 9.53 Å². The molecule has 0 aromatic carbocycles. The minimum absolute atomic E-state index is 0.241. The maximum Gasteiger partial charge on any atom is 0.410 e. The molecule has 5 nitrogen and oxygen atoms in total. The number of hydrogen-bond acceptors (Lipinski definition) is 4. The van der Waals surface area contributed by atoms with E-state index in [1.54, 1.807) is 4.90 Å². The molecule has 0 saturated carbocycles. The number of carbonyl (C=O) groups is 1. The van der Waals surface area contributed by atoms with Crippen LogP contribution in [-0.2, 0) is 4.74 Å². The molecule has 0 aromatic heterocycles. The molecule has 0 radical (unpaired) electrons. The van der Waals surface area contributed by atoms with E-state index in [9.17, 15) is 4.79 Å². The normalized spacial score (nSPS) is 17.2. The molecule has 64 valence electrons. The van der Waals surface area contributed by atoms with Crippen LogP contribution in [0.1, 0.15) is 0 Å².